The normalized spacial score (nSPS) is 11.9. The van der Waals surface area contributed by atoms with Gasteiger partial charge in [-0.15, -0.1) is 0 Å². The van der Waals surface area contributed by atoms with E-state index >= 15 is 0 Å². The molecule has 0 radical (unpaired) electrons. The Bertz CT molecular complexity index is 1190. The van der Waals surface area contributed by atoms with Crippen molar-refractivity contribution in [2.75, 3.05) is 13.2 Å². The van der Waals surface area contributed by atoms with Gasteiger partial charge in [0.05, 0.1) is 0 Å². The number of carbonyl (C=O) groups is 3. The highest BCUT2D eigenvalue weighted by molar-refractivity contribution is 5.71. The van der Waals surface area contributed by atoms with E-state index in [1.807, 2.05) is 0 Å². The molecule has 0 fully saturated rings. The molecule has 6 nitrogen and oxygen atoms in total. The van der Waals surface area contributed by atoms with E-state index in [2.05, 4.69) is 20.8 Å². The fourth-order valence-corrected chi connectivity index (χ4v) is 11.6. The molecule has 0 spiro atoms. The van der Waals surface area contributed by atoms with Crippen LogP contribution in [-0.4, -0.2) is 37.2 Å². The van der Waals surface area contributed by atoms with Gasteiger partial charge in [0.1, 0.15) is 13.2 Å². The van der Waals surface area contributed by atoms with Gasteiger partial charge in [0.25, 0.3) is 0 Å². The fourth-order valence-electron chi connectivity index (χ4n) is 11.6. The van der Waals surface area contributed by atoms with Gasteiger partial charge < -0.3 is 14.2 Å². The lowest BCUT2D eigenvalue weighted by molar-refractivity contribution is -0.167. The van der Waals surface area contributed by atoms with Crippen LogP contribution in [0.5, 0.6) is 0 Å². The molecule has 0 aromatic carbocycles. The van der Waals surface area contributed by atoms with Crippen LogP contribution >= 0.6 is 0 Å². The Balaban J connectivity index is 3.95. The summed E-state index contributed by atoms with van der Waals surface area (Å²) in [5.41, 5.74) is 0. The lowest BCUT2D eigenvalue weighted by Crippen LogP contribution is -2.30. The smallest absolute Gasteiger partial charge is 0.306 e. The van der Waals surface area contributed by atoms with Gasteiger partial charge in [0.15, 0.2) is 6.10 Å². The quantitative estimate of drug-likeness (QED) is 0.0343. The topological polar surface area (TPSA) is 78.9 Å². The molecule has 0 aliphatic rings. The van der Waals surface area contributed by atoms with Gasteiger partial charge in [-0.1, -0.05) is 393 Å². The average Bonchev–Trinajstić information content (AvgIpc) is 3.45. The Morgan fingerprint density at radius 1 is 0.203 bits per heavy atom. The molecular weight excluding hydrogens is 973 g/mol. The molecule has 0 saturated heterocycles. The first-order valence-electron chi connectivity index (χ1n) is 36.5. The minimum Gasteiger partial charge on any atom is -0.462 e. The summed E-state index contributed by atoms with van der Waals surface area (Å²) in [6.07, 6.45) is 81.7. The highest BCUT2D eigenvalue weighted by Crippen LogP contribution is 2.20. The second-order valence-corrected chi connectivity index (χ2v) is 25.2. The summed E-state index contributed by atoms with van der Waals surface area (Å²) >= 11 is 0. The van der Waals surface area contributed by atoms with Crippen molar-refractivity contribution in [2.45, 2.75) is 438 Å². The Kier molecular flexibility index (Phi) is 67.5. The lowest BCUT2D eigenvalue weighted by Gasteiger charge is -2.18. The summed E-state index contributed by atoms with van der Waals surface area (Å²) in [7, 11) is 0. The maximum absolute atomic E-state index is 12.9. The molecule has 1 atom stereocenters. The highest BCUT2D eigenvalue weighted by Gasteiger charge is 2.20. The van der Waals surface area contributed by atoms with Crippen LogP contribution in [0.3, 0.4) is 0 Å². The maximum Gasteiger partial charge on any atom is 0.306 e. The van der Waals surface area contributed by atoms with Crippen LogP contribution in [-0.2, 0) is 28.6 Å². The lowest BCUT2D eigenvalue weighted by atomic mass is 10.0. The van der Waals surface area contributed by atoms with E-state index in [4.69, 9.17) is 14.2 Å². The minimum absolute atomic E-state index is 0.0608. The Labute approximate surface area is 495 Å². The molecule has 1 unspecified atom stereocenters. The van der Waals surface area contributed by atoms with E-state index in [0.29, 0.717) is 19.3 Å². The second-order valence-electron chi connectivity index (χ2n) is 25.2. The molecule has 0 bridgehead atoms. The molecule has 0 aliphatic heterocycles. The molecule has 470 valence electrons. The van der Waals surface area contributed by atoms with Crippen LogP contribution in [0.4, 0.5) is 0 Å². The van der Waals surface area contributed by atoms with E-state index in [-0.39, 0.29) is 31.1 Å². The predicted molar refractivity (Wildman–Crippen MR) is 344 cm³/mol. The third kappa shape index (κ3) is 67.1. The van der Waals surface area contributed by atoms with Crippen molar-refractivity contribution in [2.24, 2.45) is 0 Å². The number of unbranched alkanes of at least 4 members (excludes halogenated alkanes) is 58. The molecule has 0 aliphatic carbocycles. The molecule has 0 aromatic heterocycles. The second kappa shape index (κ2) is 68.9. The minimum atomic E-state index is -0.762. The van der Waals surface area contributed by atoms with E-state index < -0.39 is 6.10 Å². The first-order chi connectivity index (χ1) is 39.0. The summed E-state index contributed by atoms with van der Waals surface area (Å²) in [6.45, 7) is 6.72. The third-order valence-corrected chi connectivity index (χ3v) is 17.1. The molecule has 0 N–H and O–H groups in total. The van der Waals surface area contributed by atoms with Gasteiger partial charge in [-0.3, -0.25) is 14.4 Å². The zero-order valence-electron chi connectivity index (χ0n) is 54.2. The van der Waals surface area contributed by atoms with Gasteiger partial charge in [0.2, 0.25) is 0 Å². The molecule has 0 amide bonds. The van der Waals surface area contributed by atoms with Crippen LogP contribution in [0.25, 0.3) is 0 Å². The summed E-state index contributed by atoms with van der Waals surface area (Å²) in [4.78, 5) is 38.3. The van der Waals surface area contributed by atoms with Gasteiger partial charge in [0, 0.05) is 19.3 Å². The Morgan fingerprint density at radius 3 is 0.506 bits per heavy atom. The van der Waals surface area contributed by atoms with Crippen LogP contribution in [0.1, 0.15) is 432 Å². The predicted octanol–water partition coefficient (Wildman–Crippen LogP) is 25.0. The van der Waals surface area contributed by atoms with Crippen molar-refractivity contribution in [3.63, 3.8) is 0 Å². The number of carbonyl (C=O) groups excluding carboxylic acids is 3. The summed E-state index contributed by atoms with van der Waals surface area (Å²) in [5.74, 6) is -0.827. The summed E-state index contributed by atoms with van der Waals surface area (Å²) in [6, 6.07) is 0. The highest BCUT2D eigenvalue weighted by atomic mass is 16.6. The SMILES string of the molecule is CCCCCCCCCCCCCCCCCCCCCCCCCCCCCCCCCCCCCC(=O)OCC(COC(=O)CCCCCCCCCCCC)OC(=O)CCCCCCCCCCCCCCCCCC. The molecule has 6 heteroatoms. The van der Waals surface area contributed by atoms with Crippen molar-refractivity contribution in [3.8, 4) is 0 Å². The number of rotatable bonds is 69. The zero-order valence-corrected chi connectivity index (χ0v) is 54.2. The summed E-state index contributed by atoms with van der Waals surface area (Å²) < 4.78 is 16.9. The Hall–Kier alpha value is -1.59. The average molecular weight is 1120 g/mol. The Morgan fingerprint density at radius 2 is 0.342 bits per heavy atom. The van der Waals surface area contributed by atoms with Crippen LogP contribution < -0.4 is 0 Å². The van der Waals surface area contributed by atoms with E-state index in [0.717, 1.165) is 57.8 Å². The molecular formula is C73H142O6. The zero-order chi connectivity index (χ0) is 57.1. The van der Waals surface area contributed by atoms with Gasteiger partial charge in [-0.05, 0) is 19.3 Å². The van der Waals surface area contributed by atoms with Gasteiger partial charge in [-0.2, -0.15) is 0 Å². The number of hydrogen-bond acceptors (Lipinski definition) is 6. The van der Waals surface area contributed by atoms with Crippen molar-refractivity contribution in [1.82, 2.24) is 0 Å². The molecule has 79 heavy (non-hydrogen) atoms. The monoisotopic (exact) mass is 1120 g/mol. The molecule has 0 aromatic rings. The third-order valence-electron chi connectivity index (χ3n) is 17.1. The first-order valence-corrected chi connectivity index (χ1v) is 36.5. The molecule has 0 heterocycles. The van der Waals surface area contributed by atoms with E-state index in [1.54, 1.807) is 0 Å². The van der Waals surface area contributed by atoms with Crippen molar-refractivity contribution >= 4 is 17.9 Å². The summed E-state index contributed by atoms with van der Waals surface area (Å²) in [5, 5.41) is 0. The number of esters is 3. The standard InChI is InChI=1S/C73H142O6/c1-4-7-10-13-16-19-22-24-26-28-29-30-31-32-33-34-35-36-37-38-39-40-41-42-43-44-45-46-48-49-51-54-57-60-63-66-72(75)78-69-70(68-77-71(74)65-62-59-56-53-21-18-15-12-9-6-3)79-73(76)67-64-61-58-55-52-50-47-27-25-23-20-17-14-11-8-5-2/h70H,4-69H2,1-3H3. The van der Waals surface area contributed by atoms with E-state index in [1.165, 1.54) is 334 Å². The number of hydrogen-bond donors (Lipinski definition) is 0. The van der Waals surface area contributed by atoms with Crippen molar-refractivity contribution < 1.29 is 28.6 Å². The van der Waals surface area contributed by atoms with Crippen molar-refractivity contribution in [1.29, 1.82) is 0 Å². The first kappa shape index (κ1) is 77.4. The molecule has 0 saturated carbocycles. The van der Waals surface area contributed by atoms with Crippen LogP contribution in [0.2, 0.25) is 0 Å². The van der Waals surface area contributed by atoms with Crippen LogP contribution in [0, 0.1) is 0 Å². The van der Waals surface area contributed by atoms with Crippen LogP contribution in [0.15, 0.2) is 0 Å². The van der Waals surface area contributed by atoms with Gasteiger partial charge >= 0.3 is 17.9 Å². The van der Waals surface area contributed by atoms with E-state index in [9.17, 15) is 14.4 Å². The van der Waals surface area contributed by atoms with Gasteiger partial charge in [-0.25, -0.2) is 0 Å². The fraction of sp³-hybridized carbons (Fsp3) is 0.959. The van der Waals surface area contributed by atoms with Crippen molar-refractivity contribution in [3.05, 3.63) is 0 Å². The number of ether oxygens (including phenoxy) is 3. The molecule has 0 rings (SSSR count). The maximum atomic E-state index is 12.9. The largest absolute Gasteiger partial charge is 0.462 e.